The van der Waals surface area contributed by atoms with Gasteiger partial charge in [-0.2, -0.15) is 0 Å². The van der Waals surface area contributed by atoms with Gasteiger partial charge in [-0.3, -0.25) is 19.7 Å². The molecule has 0 aliphatic carbocycles. The number of rotatable bonds is 5. The van der Waals surface area contributed by atoms with Gasteiger partial charge in [-0.1, -0.05) is 41.9 Å². The number of furan rings is 1. The minimum Gasteiger partial charge on any atom is -0.507 e. The Bertz CT molecular complexity index is 1220. The number of hydrogen-bond donors (Lipinski definition) is 1. The first-order chi connectivity index (χ1) is 14.9. The fraction of sp³-hybridized carbons (Fsp3) is 0.0909. The van der Waals surface area contributed by atoms with Crippen LogP contribution in [0.2, 0.25) is 5.02 Å². The highest BCUT2D eigenvalue weighted by Crippen LogP contribution is 2.42. The summed E-state index contributed by atoms with van der Waals surface area (Å²) in [6.07, 6.45) is 1.44. The van der Waals surface area contributed by atoms with E-state index in [0.29, 0.717) is 16.3 Å². The number of nitro groups is 1. The Balaban J connectivity index is 1.90. The Morgan fingerprint density at radius 2 is 1.90 bits per heavy atom. The van der Waals surface area contributed by atoms with Crippen molar-refractivity contribution in [3.8, 4) is 0 Å². The van der Waals surface area contributed by atoms with E-state index in [2.05, 4.69) is 0 Å². The zero-order chi connectivity index (χ0) is 22.1. The summed E-state index contributed by atoms with van der Waals surface area (Å²) in [7, 11) is 0. The predicted molar refractivity (Wildman–Crippen MR) is 111 cm³/mol. The van der Waals surface area contributed by atoms with Gasteiger partial charge in [-0.25, -0.2) is 0 Å². The number of ketones is 1. The van der Waals surface area contributed by atoms with E-state index in [1.165, 1.54) is 29.4 Å². The van der Waals surface area contributed by atoms with E-state index in [1.807, 2.05) is 0 Å². The van der Waals surface area contributed by atoms with Crippen molar-refractivity contribution in [1.82, 2.24) is 4.90 Å². The van der Waals surface area contributed by atoms with Gasteiger partial charge in [0, 0.05) is 22.7 Å². The Kier molecular flexibility index (Phi) is 5.31. The lowest BCUT2D eigenvalue weighted by Crippen LogP contribution is -2.29. The van der Waals surface area contributed by atoms with E-state index >= 15 is 0 Å². The summed E-state index contributed by atoms with van der Waals surface area (Å²) in [5, 5.41) is 22.4. The van der Waals surface area contributed by atoms with E-state index < -0.39 is 28.4 Å². The maximum atomic E-state index is 13.0. The highest BCUT2D eigenvalue weighted by atomic mass is 35.5. The monoisotopic (exact) mass is 438 g/mol. The van der Waals surface area contributed by atoms with Crippen LogP contribution in [-0.2, 0) is 16.1 Å². The molecule has 1 fully saturated rings. The van der Waals surface area contributed by atoms with Gasteiger partial charge in [-0.15, -0.1) is 0 Å². The van der Waals surface area contributed by atoms with E-state index in [0.717, 1.165) is 6.07 Å². The van der Waals surface area contributed by atoms with Crippen molar-refractivity contribution >= 4 is 34.7 Å². The van der Waals surface area contributed by atoms with Gasteiger partial charge in [0.15, 0.2) is 0 Å². The number of amides is 1. The molecule has 1 aromatic heterocycles. The van der Waals surface area contributed by atoms with Crippen molar-refractivity contribution in [2.45, 2.75) is 12.6 Å². The zero-order valence-electron chi connectivity index (χ0n) is 15.9. The SMILES string of the molecule is O=C1C(=O)N(Cc2ccco2)[C@H](c2ccccc2Cl)C1=C(O)c1cccc([N+](=O)[O-])c1. The zero-order valence-corrected chi connectivity index (χ0v) is 16.7. The molecule has 4 rings (SSSR count). The van der Waals surface area contributed by atoms with Crippen LogP contribution in [0.15, 0.2) is 76.9 Å². The van der Waals surface area contributed by atoms with Crippen molar-refractivity contribution in [2.24, 2.45) is 0 Å². The molecule has 0 saturated carbocycles. The number of nitrogens with zero attached hydrogens (tertiary/aromatic N) is 2. The molecule has 8 nitrogen and oxygen atoms in total. The minimum atomic E-state index is -1.00. The summed E-state index contributed by atoms with van der Waals surface area (Å²) in [5.74, 6) is -1.84. The molecule has 1 aliphatic heterocycles. The van der Waals surface area contributed by atoms with Crippen LogP contribution in [0.1, 0.15) is 22.9 Å². The molecular weight excluding hydrogens is 424 g/mol. The standard InChI is InChI=1S/C22H15ClN2O6/c23-17-9-2-1-8-16(17)19-18(20(26)13-5-3-6-14(11-13)25(29)30)21(27)22(28)24(19)12-15-7-4-10-31-15/h1-11,19,26H,12H2/t19-/m1/s1. The van der Waals surface area contributed by atoms with Gasteiger partial charge in [0.1, 0.15) is 11.5 Å². The average molecular weight is 439 g/mol. The first-order valence-electron chi connectivity index (χ1n) is 9.18. The van der Waals surface area contributed by atoms with Crippen molar-refractivity contribution in [1.29, 1.82) is 0 Å². The summed E-state index contributed by atoms with van der Waals surface area (Å²) < 4.78 is 5.32. The Morgan fingerprint density at radius 1 is 1.13 bits per heavy atom. The van der Waals surface area contributed by atoms with Crippen molar-refractivity contribution in [2.75, 3.05) is 0 Å². The number of hydrogen-bond acceptors (Lipinski definition) is 6. The van der Waals surface area contributed by atoms with Crippen LogP contribution in [-0.4, -0.2) is 26.6 Å². The molecule has 1 amide bonds. The van der Waals surface area contributed by atoms with Crippen LogP contribution in [0.3, 0.4) is 0 Å². The highest BCUT2D eigenvalue weighted by Gasteiger charge is 2.47. The fourth-order valence-electron chi connectivity index (χ4n) is 3.56. The van der Waals surface area contributed by atoms with Crippen molar-refractivity contribution < 1.29 is 24.0 Å². The van der Waals surface area contributed by atoms with Crippen LogP contribution in [0.4, 0.5) is 5.69 Å². The number of non-ortho nitro benzene ring substituents is 1. The summed E-state index contributed by atoms with van der Waals surface area (Å²) >= 11 is 6.36. The van der Waals surface area contributed by atoms with Gasteiger partial charge in [0.25, 0.3) is 17.4 Å². The molecule has 1 saturated heterocycles. The smallest absolute Gasteiger partial charge is 0.296 e. The third kappa shape index (κ3) is 3.69. The number of aliphatic hydroxyl groups is 1. The number of halogens is 1. The Labute approximate surface area is 181 Å². The second-order valence-corrected chi connectivity index (χ2v) is 7.24. The quantitative estimate of drug-likeness (QED) is 0.207. The van der Waals surface area contributed by atoms with E-state index in [-0.39, 0.29) is 23.4 Å². The van der Waals surface area contributed by atoms with Gasteiger partial charge >= 0.3 is 0 Å². The predicted octanol–water partition coefficient (Wildman–Crippen LogP) is 4.46. The number of benzene rings is 2. The second-order valence-electron chi connectivity index (χ2n) is 6.84. The maximum Gasteiger partial charge on any atom is 0.296 e. The molecule has 31 heavy (non-hydrogen) atoms. The number of carbonyl (C=O) groups excluding carboxylic acids is 2. The lowest BCUT2D eigenvalue weighted by Gasteiger charge is -2.25. The highest BCUT2D eigenvalue weighted by molar-refractivity contribution is 6.46. The first kappa shape index (κ1) is 20.4. The van der Waals surface area contributed by atoms with Crippen LogP contribution >= 0.6 is 11.6 Å². The van der Waals surface area contributed by atoms with Crippen LogP contribution < -0.4 is 0 Å². The number of Topliss-reactive ketones (excluding diaryl/α,β-unsaturated/α-hetero) is 1. The lowest BCUT2D eigenvalue weighted by atomic mass is 9.95. The minimum absolute atomic E-state index is 0.0286. The summed E-state index contributed by atoms with van der Waals surface area (Å²) in [5.41, 5.74) is 0.0115. The molecule has 1 aliphatic rings. The maximum absolute atomic E-state index is 13.0. The van der Waals surface area contributed by atoms with E-state index in [4.69, 9.17) is 16.0 Å². The molecule has 9 heteroatoms. The van der Waals surface area contributed by atoms with Gasteiger partial charge < -0.3 is 14.4 Å². The third-order valence-electron chi connectivity index (χ3n) is 4.98. The molecule has 156 valence electrons. The molecule has 1 atom stereocenters. The largest absolute Gasteiger partial charge is 0.507 e. The number of carbonyl (C=O) groups is 2. The molecule has 0 unspecified atom stereocenters. The molecule has 0 bridgehead atoms. The summed E-state index contributed by atoms with van der Waals surface area (Å²) in [4.78, 5) is 37.6. The van der Waals surface area contributed by atoms with Crippen molar-refractivity contribution in [3.63, 3.8) is 0 Å². The Morgan fingerprint density at radius 3 is 2.58 bits per heavy atom. The molecule has 0 radical (unpaired) electrons. The van der Waals surface area contributed by atoms with E-state index in [9.17, 15) is 24.8 Å². The topological polar surface area (TPSA) is 114 Å². The fourth-order valence-corrected chi connectivity index (χ4v) is 3.80. The van der Waals surface area contributed by atoms with Crippen LogP contribution in [0.25, 0.3) is 5.76 Å². The lowest BCUT2D eigenvalue weighted by molar-refractivity contribution is -0.384. The van der Waals surface area contributed by atoms with Crippen LogP contribution in [0, 0.1) is 10.1 Å². The molecule has 3 aromatic rings. The molecule has 0 spiro atoms. The van der Waals surface area contributed by atoms with Gasteiger partial charge in [-0.05, 0) is 23.8 Å². The van der Waals surface area contributed by atoms with E-state index in [1.54, 1.807) is 36.4 Å². The second kappa shape index (κ2) is 8.08. The number of aliphatic hydroxyl groups excluding tert-OH is 1. The third-order valence-corrected chi connectivity index (χ3v) is 5.32. The summed E-state index contributed by atoms with van der Waals surface area (Å²) in [6.45, 7) is -0.0286. The van der Waals surface area contributed by atoms with Gasteiger partial charge in [0.05, 0.1) is 29.3 Å². The molecule has 2 heterocycles. The molecular formula is C22H15ClN2O6. The Hall–Kier alpha value is -3.91. The number of likely N-dealkylation sites (tertiary alicyclic amines) is 1. The van der Waals surface area contributed by atoms with Gasteiger partial charge in [0.2, 0.25) is 0 Å². The van der Waals surface area contributed by atoms with Crippen molar-refractivity contribution in [3.05, 3.63) is 105 Å². The summed E-state index contributed by atoms with van der Waals surface area (Å²) in [6, 6.07) is 14.2. The normalized spacial score (nSPS) is 17.8. The molecule has 1 N–H and O–H groups in total. The number of nitro benzene ring substituents is 1. The average Bonchev–Trinajstić information content (AvgIpc) is 3.36. The first-order valence-corrected chi connectivity index (χ1v) is 9.56. The van der Waals surface area contributed by atoms with Crippen LogP contribution in [0.5, 0.6) is 0 Å². The molecule has 2 aromatic carbocycles.